The van der Waals surface area contributed by atoms with Gasteiger partial charge < -0.3 is 0 Å². The van der Waals surface area contributed by atoms with E-state index in [1.54, 1.807) is 6.08 Å². The number of hydrogen-bond donors (Lipinski definition) is 0. The topological polar surface area (TPSA) is 17.1 Å². The van der Waals surface area contributed by atoms with Gasteiger partial charge in [0, 0.05) is 12.0 Å². The van der Waals surface area contributed by atoms with Gasteiger partial charge in [-0.2, -0.15) is 0 Å². The van der Waals surface area contributed by atoms with Gasteiger partial charge in [-0.3, -0.25) is 4.79 Å². The molecule has 1 fully saturated rings. The number of rotatable bonds is 2. The molecule has 1 nitrogen and oxygen atoms in total. The van der Waals surface area contributed by atoms with E-state index in [2.05, 4.69) is 5.73 Å². The van der Waals surface area contributed by atoms with Crippen molar-refractivity contribution in [2.45, 2.75) is 44.9 Å². The quantitative estimate of drug-likeness (QED) is 0.389. The molecule has 2 heteroatoms. The van der Waals surface area contributed by atoms with Gasteiger partial charge in [0.15, 0.2) is 5.78 Å². The fourth-order valence-corrected chi connectivity index (χ4v) is 1.79. The van der Waals surface area contributed by atoms with E-state index in [1.807, 2.05) is 13.8 Å². The van der Waals surface area contributed by atoms with Crippen LogP contribution in [0.2, 0.25) is 0 Å². The van der Waals surface area contributed by atoms with Crippen molar-refractivity contribution in [3.63, 3.8) is 0 Å². The second-order valence-corrected chi connectivity index (χ2v) is 4.61. The summed E-state index contributed by atoms with van der Waals surface area (Å²) in [5.41, 5.74) is 4.17. The first kappa shape index (κ1) is 11.6. The van der Waals surface area contributed by atoms with Gasteiger partial charge in [-0.1, -0.05) is 20.3 Å². The molecule has 1 saturated carbocycles. The fraction of sp³-hybridized carbons (Fsp3) is 0.667. The molecule has 1 aliphatic carbocycles. The molecule has 0 bridgehead atoms. The summed E-state index contributed by atoms with van der Waals surface area (Å²) in [7, 11) is 0. The van der Waals surface area contributed by atoms with Crippen molar-refractivity contribution in [2.75, 3.05) is 0 Å². The molecule has 0 unspecified atom stereocenters. The molecule has 0 aromatic heterocycles. The predicted molar refractivity (Wildman–Crippen MR) is 59.6 cm³/mol. The van der Waals surface area contributed by atoms with Gasteiger partial charge in [0.1, 0.15) is 0 Å². The summed E-state index contributed by atoms with van der Waals surface area (Å²) in [4.78, 5) is 11.3. The highest BCUT2D eigenvalue weighted by Crippen LogP contribution is 2.26. The maximum atomic E-state index is 11.3. The highest BCUT2D eigenvalue weighted by molar-refractivity contribution is 6.22. The first-order valence-corrected chi connectivity index (χ1v) is 5.68. The number of alkyl halides is 1. The summed E-state index contributed by atoms with van der Waals surface area (Å²) < 4.78 is 0. The largest absolute Gasteiger partial charge is 0.294 e. The third-order valence-electron chi connectivity index (χ3n) is 2.50. The molecule has 1 aliphatic rings. The van der Waals surface area contributed by atoms with E-state index in [1.165, 1.54) is 12.8 Å². The molecule has 0 amide bonds. The van der Waals surface area contributed by atoms with E-state index in [0.717, 1.165) is 18.4 Å². The van der Waals surface area contributed by atoms with Gasteiger partial charge in [-0.15, -0.1) is 17.3 Å². The van der Waals surface area contributed by atoms with E-state index in [-0.39, 0.29) is 17.1 Å². The minimum atomic E-state index is 0.0560. The Morgan fingerprint density at radius 2 is 2.29 bits per heavy atom. The van der Waals surface area contributed by atoms with Crippen LogP contribution in [0.3, 0.4) is 0 Å². The Balaban J connectivity index is 2.70. The van der Waals surface area contributed by atoms with E-state index in [0.29, 0.717) is 0 Å². The van der Waals surface area contributed by atoms with Crippen LogP contribution in [0.4, 0.5) is 0 Å². The molecule has 0 spiro atoms. The predicted octanol–water partition coefficient (Wildman–Crippen LogP) is 3.47. The number of ketones is 1. The number of hydrogen-bond acceptors (Lipinski definition) is 1. The second-order valence-electron chi connectivity index (χ2n) is 4.08. The van der Waals surface area contributed by atoms with Crippen LogP contribution in [0.5, 0.6) is 0 Å². The van der Waals surface area contributed by atoms with Crippen molar-refractivity contribution in [2.24, 2.45) is 5.92 Å². The van der Waals surface area contributed by atoms with Crippen LogP contribution in [-0.4, -0.2) is 11.2 Å². The third-order valence-corrected chi connectivity index (χ3v) is 2.98. The minimum absolute atomic E-state index is 0.0560. The average molecular weight is 213 g/mol. The van der Waals surface area contributed by atoms with Crippen LogP contribution in [0.1, 0.15) is 39.5 Å². The molecule has 1 atom stereocenters. The summed E-state index contributed by atoms with van der Waals surface area (Å²) in [6.45, 7) is 3.79. The Bertz CT molecular complexity index is 272. The zero-order valence-corrected chi connectivity index (χ0v) is 9.60. The monoisotopic (exact) mass is 212 g/mol. The van der Waals surface area contributed by atoms with Gasteiger partial charge >= 0.3 is 0 Å². The first-order chi connectivity index (χ1) is 6.61. The van der Waals surface area contributed by atoms with Gasteiger partial charge in [0.05, 0.1) is 5.38 Å². The van der Waals surface area contributed by atoms with Crippen molar-refractivity contribution in [3.8, 4) is 0 Å². The van der Waals surface area contributed by atoms with Crippen LogP contribution >= 0.6 is 11.6 Å². The molecule has 0 aliphatic heterocycles. The summed E-state index contributed by atoms with van der Waals surface area (Å²) in [6.07, 6.45) is 5.94. The van der Waals surface area contributed by atoms with Gasteiger partial charge in [-0.25, -0.2) is 0 Å². The van der Waals surface area contributed by atoms with Crippen LogP contribution in [0.15, 0.2) is 17.4 Å². The Kier molecular flexibility index (Phi) is 4.44. The molecule has 0 aromatic carbocycles. The number of carbonyl (C=O) groups is 1. The van der Waals surface area contributed by atoms with Crippen molar-refractivity contribution < 1.29 is 4.79 Å². The molecule has 14 heavy (non-hydrogen) atoms. The Morgan fingerprint density at radius 1 is 1.57 bits per heavy atom. The molecule has 78 valence electrons. The van der Waals surface area contributed by atoms with Gasteiger partial charge in [0.25, 0.3) is 0 Å². The lowest BCUT2D eigenvalue weighted by molar-refractivity contribution is -0.117. The molecule has 0 N–H and O–H groups in total. The molecule has 0 aromatic rings. The van der Waals surface area contributed by atoms with E-state index < -0.39 is 0 Å². The molecular weight excluding hydrogens is 196 g/mol. The number of halogens is 1. The lowest BCUT2D eigenvalue weighted by atomic mass is 9.95. The zero-order valence-electron chi connectivity index (χ0n) is 8.85. The van der Waals surface area contributed by atoms with Gasteiger partial charge in [0.2, 0.25) is 0 Å². The van der Waals surface area contributed by atoms with E-state index in [4.69, 9.17) is 11.6 Å². The van der Waals surface area contributed by atoms with Crippen molar-refractivity contribution in [1.29, 1.82) is 0 Å². The smallest absolute Gasteiger partial charge is 0.165 e. The van der Waals surface area contributed by atoms with Crippen LogP contribution in [0.25, 0.3) is 0 Å². The molecular formula is C12H17ClO. The number of allylic oxidation sites excluding steroid dienone is 1. The number of carbonyl (C=O) groups excluding carboxylic acids is 1. The highest BCUT2D eigenvalue weighted by atomic mass is 35.5. The maximum Gasteiger partial charge on any atom is 0.165 e. The molecule has 1 rings (SSSR count). The SMILES string of the molecule is CC(C)C(=O)C=C=C1CCCC[C@H]1Cl. The highest BCUT2D eigenvalue weighted by Gasteiger charge is 2.15. The van der Waals surface area contributed by atoms with E-state index in [9.17, 15) is 4.79 Å². The minimum Gasteiger partial charge on any atom is -0.294 e. The Labute approximate surface area is 90.8 Å². The van der Waals surface area contributed by atoms with Gasteiger partial charge in [-0.05, 0) is 24.8 Å². The normalized spacial score (nSPS) is 22.0. The molecule has 0 saturated heterocycles. The molecule has 0 heterocycles. The lowest BCUT2D eigenvalue weighted by Gasteiger charge is -2.17. The first-order valence-electron chi connectivity index (χ1n) is 5.24. The van der Waals surface area contributed by atoms with E-state index >= 15 is 0 Å². The summed E-state index contributed by atoms with van der Waals surface area (Å²) >= 11 is 6.11. The summed E-state index contributed by atoms with van der Waals surface area (Å²) in [6, 6.07) is 0. The van der Waals surface area contributed by atoms with Crippen LogP contribution < -0.4 is 0 Å². The second kappa shape index (κ2) is 5.38. The Hall–Kier alpha value is -0.520. The standard InChI is InChI=1S/C12H17ClO/c1-9(2)12(14)8-7-10-5-3-4-6-11(10)13/h8-9,11H,3-6H2,1-2H3/t7?,11-/m1/s1. The molecule has 0 radical (unpaired) electrons. The Morgan fingerprint density at radius 3 is 2.86 bits per heavy atom. The van der Waals surface area contributed by atoms with Crippen LogP contribution in [0, 0.1) is 5.92 Å². The summed E-state index contributed by atoms with van der Waals surface area (Å²) in [5.74, 6) is 0.187. The van der Waals surface area contributed by atoms with Crippen molar-refractivity contribution in [3.05, 3.63) is 17.4 Å². The average Bonchev–Trinajstić information content (AvgIpc) is 2.16. The summed E-state index contributed by atoms with van der Waals surface area (Å²) in [5, 5.41) is 0.0972. The van der Waals surface area contributed by atoms with Crippen molar-refractivity contribution in [1.82, 2.24) is 0 Å². The van der Waals surface area contributed by atoms with Crippen LogP contribution in [-0.2, 0) is 4.79 Å². The zero-order chi connectivity index (χ0) is 10.6. The maximum absolute atomic E-state index is 11.3. The fourth-order valence-electron chi connectivity index (χ4n) is 1.46. The van der Waals surface area contributed by atoms with Crippen molar-refractivity contribution >= 4 is 17.4 Å². The lowest BCUT2D eigenvalue weighted by Crippen LogP contribution is -2.08. The third kappa shape index (κ3) is 3.32.